The minimum absolute atomic E-state index is 0. The normalized spacial score (nSPS) is 10.0. The fraction of sp³-hybridized carbons (Fsp3) is 0.0714. The van der Waals surface area contributed by atoms with Gasteiger partial charge in [0.15, 0.2) is 0 Å². The molecule has 5 N–H and O–H groups in total. The van der Waals surface area contributed by atoms with E-state index in [4.69, 9.17) is 0 Å². The Labute approximate surface area is 138 Å². The Hall–Kier alpha value is -2.05. The monoisotopic (exact) mass is 343 g/mol. The second-order valence-electron chi connectivity index (χ2n) is 4.15. The smallest absolute Gasteiger partial charge is 0.485 e. The Balaban J connectivity index is 0.00000242. The highest BCUT2D eigenvalue weighted by Crippen LogP contribution is 2.31. The summed E-state index contributed by atoms with van der Waals surface area (Å²) in [6.07, 6.45) is -4.42. The number of halogens is 3. The maximum absolute atomic E-state index is 12.7. The zero-order valence-corrected chi connectivity index (χ0v) is 12.8. The van der Waals surface area contributed by atoms with Gasteiger partial charge in [0, 0.05) is 5.69 Å². The predicted octanol–water partition coefficient (Wildman–Crippen LogP) is 2.04. The number of carbonyl (C=O) groups is 1. The molecule has 0 saturated carbocycles. The Kier molecular flexibility index (Phi) is 7.79. The van der Waals surface area contributed by atoms with Gasteiger partial charge in [-0.2, -0.15) is 13.2 Å². The second-order valence-corrected chi connectivity index (χ2v) is 4.39. The summed E-state index contributed by atoms with van der Waals surface area (Å²) >= 11 is 1.84. The Morgan fingerprint density at radius 2 is 1.70 bits per heavy atom. The van der Waals surface area contributed by atoms with Gasteiger partial charge >= 0.3 is 28.8 Å². The molecule has 5 nitrogen and oxygen atoms in total. The third-order valence-corrected chi connectivity index (χ3v) is 2.94. The van der Waals surface area contributed by atoms with Gasteiger partial charge in [-0.15, -0.1) is 0 Å². The fourth-order valence-electron chi connectivity index (χ4n) is 1.76. The van der Waals surface area contributed by atoms with Gasteiger partial charge in [0.2, 0.25) is 0 Å². The molecule has 0 amide bonds. The lowest BCUT2D eigenvalue weighted by molar-refractivity contribution is -0.137. The van der Waals surface area contributed by atoms with Crippen LogP contribution in [-0.4, -0.2) is 33.5 Å². The molecule has 0 atom stereocenters. The second kappa shape index (κ2) is 8.55. The van der Waals surface area contributed by atoms with E-state index in [0.29, 0.717) is 5.69 Å². The van der Waals surface area contributed by atoms with E-state index in [0.717, 1.165) is 12.1 Å². The van der Waals surface area contributed by atoms with E-state index in [1.165, 1.54) is 18.2 Å². The van der Waals surface area contributed by atoms with Crippen molar-refractivity contribution in [3.05, 3.63) is 59.7 Å². The van der Waals surface area contributed by atoms with E-state index < -0.39 is 17.7 Å². The highest BCUT2D eigenvalue weighted by atomic mass is 27.1. The number of para-hydroxylation sites is 1. The van der Waals surface area contributed by atoms with Crippen LogP contribution in [0.2, 0.25) is 0 Å². The summed E-state index contributed by atoms with van der Waals surface area (Å²) in [6, 6.07) is 11.1. The lowest BCUT2D eigenvalue weighted by Crippen LogP contribution is -2.07. The first-order valence-corrected chi connectivity index (χ1v) is 6.33. The third-order valence-electron chi connectivity index (χ3n) is 2.72. The summed E-state index contributed by atoms with van der Waals surface area (Å²) < 4.78 is 42.5. The van der Waals surface area contributed by atoms with E-state index in [-0.39, 0.29) is 22.2 Å². The molecule has 0 aliphatic rings. The molecule has 122 valence electrons. The molecule has 0 aromatic heterocycles. The molecule has 9 heteroatoms. The molecule has 0 aliphatic carbocycles. The van der Waals surface area contributed by atoms with E-state index in [9.17, 15) is 18.0 Å². The molecule has 0 saturated heterocycles. The van der Waals surface area contributed by atoms with Crippen LogP contribution in [-0.2, 0) is 9.96 Å². The van der Waals surface area contributed by atoms with Gasteiger partial charge < -0.3 is 20.1 Å². The van der Waals surface area contributed by atoms with Crippen LogP contribution in [0.1, 0.15) is 15.9 Å². The number of benzene rings is 2. The zero-order chi connectivity index (χ0) is 15.5. The van der Waals surface area contributed by atoms with Gasteiger partial charge in [0.05, 0.1) is 16.8 Å². The van der Waals surface area contributed by atoms with Gasteiger partial charge in [-0.05, 0) is 30.3 Å². The predicted molar refractivity (Wildman–Crippen MR) is 79.6 cm³/mol. The number of carbonyl (C=O) groups excluding carboxylic acids is 1. The highest BCUT2D eigenvalue weighted by molar-refractivity contribution is 6.11. The number of anilines is 2. The molecule has 0 aliphatic heterocycles. The minimum Gasteiger partial charge on any atom is -0.624 e. The summed E-state index contributed by atoms with van der Waals surface area (Å²) in [7, 11) is 0. The van der Waals surface area contributed by atoms with Crippen LogP contribution < -0.4 is 5.32 Å². The van der Waals surface area contributed by atoms with E-state index in [1.54, 1.807) is 18.2 Å². The van der Waals surface area contributed by atoms with Crippen LogP contribution in [0, 0.1) is 0 Å². The summed E-state index contributed by atoms with van der Waals surface area (Å²) in [4.78, 5) is 11.6. The Morgan fingerprint density at radius 3 is 2.30 bits per heavy atom. The molecular formula is C14H13AlF3NO4. The molecule has 2 aromatic rings. The first-order valence-electron chi connectivity index (χ1n) is 5.86. The summed E-state index contributed by atoms with van der Waals surface area (Å²) in [5, 5.41) is 2.79. The standard InChI is InChI=1S/C14H10F3NO2.Al.2H2O/c15-14(16,17)9-4-3-5-10(8-9)18-12-7-2-1-6-11(12)13(19)20;;;/h1-8,18H,(H,19,20);;2*1H2/q;+1;;/p-1. The first kappa shape index (κ1) is 21.0. The van der Waals surface area contributed by atoms with Crippen molar-refractivity contribution in [2.75, 3.05) is 5.32 Å². The lowest BCUT2D eigenvalue weighted by Gasteiger charge is -2.13. The molecule has 0 heterocycles. The Morgan fingerprint density at radius 1 is 1.04 bits per heavy atom. The van der Waals surface area contributed by atoms with Crippen LogP contribution in [0.15, 0.2) is 48.5 Å². The lowest BCUT2D eigenvalue weighted by atomic mass is 10.1. The van der Waals surface area contributed by atoms with Gasteiger partial charge in [-0.1, -0.05) is 18.2 Å². The quantitative estimate of drug-likeness (QED) is 0.863. The van der Waals surface area contributed by atoms with E-state index >= 15 is 0 Å². The van der Waals surface area contributed by atoms with Crippen LogP contribution in [0.5, 0.6) is 0 Å². The van der Waals surface area contributed by atoms with Crippen LogP contribution in [0.4, 0.5) is 24.5 Å². The summed E-state index contributed by atoms with van der Waals surface area (Å²) in [5.74, 6) is -0.602. The van der Waals surface area contributed by atoms with E-state index in [2.05, 4.69) is 9.11 Å². The molecule has 2 radical (unpaired) electrons. The molecule has 23 heavy (non-hydrogen) atoms. The largest absolute Gasteiger partial charge is 0.624 e. The number of hydrogen-bond acceptors (Lipinski definition) is 3. The van der Waals surface area contributed by atoms with Gasteiger partial charge in [0.1, 0.15) is 0 Å². The molecule has 0 bridgehead atoms. The SMILES string of the molecule is O.O.O=C([O][Al])c1ccccc1Nc1cccc(C(F)(F)F)c1. The molecule has 2 aromatic carbocycles. The van der Waals surface area contributed by atoms with Crippen molar-refractivity contribution in [3.63, 3.8) is 0 Å². The summed E-state index contributed by atoms with van der Waals surface area (Å²) in [5.41, 5.74) is 0.0571. The number of nitrogens with one attached hydrogen (secondary N) is 1. The van der Waals surface area contributed by atoms with Gasteiger partial charge in [-0.3, -0.25) is 0 Å². The van der Waals surface area contributed by atoms with Crippen molar-refractivity contribution in [1.82, 2.24) is 0 Å². The highest BCUT2D eigenvalue weighted by Gasteiger charge is 2.30. The van der Waals surface area contributed by atoms with Crippen LogP contribution in [0.25, 0.3) is 0 Å². The van der Waals surface area contributed by atoms with Gasteiger partial charge in [-0.25, -0.2) is 4.79 Å². The first-order chi connectivity index (χ1) is 9.91. The molecule has 0 fully saturated rings. The van der Waals surface area contributed by atoms with Crippen molar-refractivity contribution < 1.29 is 32.7 Å². The molecule has 2 rings (SSSR count). The van der Waals surface area contributed by atoms with Crippen molar-refractivity contribution in [2.45, 2.75) is 6.18 Å². The zero-order valence-electron chi connectivity index (χ0n) is 11.6. The minimum atomic E-state index is -4.42. The average molecular weight is 343 g/mol. The summed E-state index contributed by atoms with van der Waals surface area (Å²) in [6.45, 7) is 0. The number of alkyl halides is 3. The van der Waals surface area contributed by atoms with Gasteiger partial charge in [0.25, 0.3) is 0 Å². The maximum atomic E-state index is 12.7. The van der Waals surface area contributed by atoms with Crippen LogP contribution >= 0.6 is 0 Å². The topological polar surface area (TPSA) is 101 Å². The third kappa shape index (κ3) is 5.26. The fourth-order valence-corrected chi connectivity index (χ4v) is 1.89. The molecule has 0 spiro atoms. The van der Waals surface area contributed by atoms with E-state index in [1.807, 2.05) is 16.6 Å². The van der Waals surface area contributed by atoms with Crippen molar-refractivity contribution >= 4 is 34.0 Å². The van der Waals surface area contributed by atoms with Crippen molar-refractivity contribution in [2.24, 2.45) is 0 Å². The molecular weight excluding hydrogens is 330 g/mol. The number of hydrogen-bond donors (Lipinski definition) is 1. The Bertz CT molecular complexity index is 664. The molecule has 0 unspecified atom stereocenters. The number of rotatable bonds is 3. The van der Waals surface area contributed by atoms with Crippen LogP contribution in [0.3, 0.4) is 0 Å². The average Bonchev–Trinajstić information content (AvgIpc) is 2.46. The van der Waals surface area contributed by atoms with Crippen molar-refractivity contribution in [3.8, 4) is 0 Å². The maximum Gasteiger partial charge on any atom is 0.485 e. The van der Waals surface area contributed by atoms with Crippen molar-refractivity contribution in [1.29, 1.82) is 0 Å².